The highest BCUT2D eigenvalue weighted by Gasteiger charge is 2.29. The van der Waals surface area contributed by atoms with Gasteiger partial charge in [0.2, 0.25) is 0 Å². The number of aromatic nitrogens is 2. The van der Waals surface area contributed by atoms with Crippen molar-refractivity contribution in [3.63, 3.8) is 0 Å². The van der Waals surface area contributed by atoms with E-state index in [2.05, 4.69) is 16.0 Å². The van der Waals surface area contributed by atoms with Crippen molar-refractivity contribution in [3.8, 4) is 0 Å². The number of hydrogen-bond acceptors (Lipinski definition) is 3. The van der Waals surface area contributed by atoms with Crippen LogP contribution in [-0.4, -0.2) is 15.1 Å². The predicted molar refractivity (Wildman–Crippen MR) is 74.1 cm³/mol. The number of aliphatic hydroxyl groups excluding tert-OH is 1. The molecule has 0 aromatic carbocycles. The van der Waals surface area contributed by atoms with E-state index in [4.69, 9.17) is 11.6 Å². The lowest BCUT2D eigenvalue weighted by atomic mass is 9.81. The first-order chi connectivity index (χ1) is 9.27. The van der Waals surface area contributed by atoms with Crippen molar-refractivity contribution in [2.24, 2.45) is 0 Å². The van der Waals surface area contributed by atoms with E-state index in [9.17, 15) is 5.11 Å². The first-order valence-electron chi connectivity index (χ1n) is 6.48. The van der Waals surface area contributed by atoms with E-state index in [0.717, 1.165) is 30.5 Å². The Labute approximate surface area is 117 Å². The van der Waals surface area contributed by atoms with Crippen molar-refractivity contribution in [3.05, 3.63) is 58.6 Å². The summed E-state index contributed by atoms with van der Waals surface area (Å²) < 4.78 is 0. The minimum absolute atomic E-state index is 0.0184. The van der Waals surface area contributed by atoms with Crippen molar-refractivity contribution >= 4 is 11.6 Å². The number of fused-ring (bicyclic) bond motifs is 1. The van der Waals surface area contributed by atoms with Crippen molar-refractivity contribution in [2.45, 2.75) is 31.3 Å². The van der Waals surface area contributed by atoms with Crippen LogP contribution >= 0.6 is 11.6 Å². The number of rotatable bonds is 2. The van der Waals surface area contributed by atoms with Crippen LogP contribution in [0.3, 0.4) is 0 Å². The average molecular weight is 275 g/mol. The molecule has 3 nitrogen and oxygen atoms in total. The van der Waals surface area contributed by atoms with Gasteiger partial charge in [-0.3, -0.25) is 9.97 Å². The van der Waals surface area contributed by atoms with E-state index in [1.165, 1.54) is 5.56 Å². The van der Waals surface area contributed by atoms with Crippen LogP contribution in [0.4, 0.5) is 0 Å². The monoisotopic (exact) mass is 274 g/mol. The predicted octanol–water partition coefficient (Wildman–Crippen LogP) is 3.28. The summed E-state index contributed by atoms with van der Waals surface area (Å²) in [7, 11) is 0. The number of pyridine rings is 2. The SMILES string of the molecule is OC(c1ccncc1Cl)C1CCCc2cccnc21. The smallest absolute Gasteiger partial charge is 0.0889 e. The molecule has 19 heavy (non-hydrogen) atoms. The third-order valence-corrected chi connectivity index (χ3v) is 4.06. The summed E-state index contributed by atoms with van der Waals surface area (Å²) in [6.45, 7) is 0. The van der Waals surface area contributed by atoms with Crippen LogP contribution < -0.4 is 0 Å². The Morgan fingerprint density at radius 3 is 3.05 bits per heavy atom. The Morgan fingerprint density at radius 2 is 2.21 bits per heavy atom. The molecule has 0 aliphatic heterocycles. The molecule has 1 aliphatic carbocycles. The number of nitrogens with zero attached hydrogens (tertiary/aromatic N) is 2. The van der Waals surface area contributed by atoms with E-state index < -0.39 is 6.10 Å². The van der Waals surface area contributed by atoms with Crippen LogP contribution in [-0.2, 0) is 6.42 Å². The van der Waals surface area contributed by atoms with Gasteiger partial charge in [0, 0.05) is 35.8 Å². The zero-order valence-electron chi connectivity index (χ0n) is 10.5. The zero-order valence-corrected chi connectivity index (χ0v) is 11.2. The summed E-state index contributed by atoms with van der Waals surface area (Å²) in [5.41, 5.74) is 2.98. The molecule has 0 bridgehead atoms. The molecule has 0 amide bonds. The normalized spacial score (nSPS) is 19.8. The largest absolute Gasteiger partial charge is 0.388 e. The van der Waals surface area contributed by atoms with Crippen molar-refractivity contribution < 1.29 is 5.11 Å². The Hall–Kier alpha value is -1.45. The van der Waals surface area contributed by atoms with E-state index >= 15 is 0 Å². The topological polar surface area (TPSA) is 46.0 Å². The fourth-order valence-corrected chi connectivity index (χ4v) is 3.03. The van der Waals surface area contributed by atoms with Gasteiger partial charge in [0.25, 0.3) is 0 Å². The first kappa shape index (κ1) is 12.6. The van der Waals surface area contributed by atoms with Gasteiger partial charge in [0.15, 0.2) is 0 Å². The van der Waals surface area contributed by atoms with Gasteiger partial charge < -0.3 is 5.11 Å². The van der Waals surface area contributed by atoms with Crippen LogP contribution in [0, 0.1) is 0 Å². The molecule has 2 unspecified atom stereocenters. The van der Waals surface area contributed by atoms with E-state index in [-0.39, 0.29) is 5.92 Å². The fraction of sp³-hybridized carbons (Fsp3) is 0.333. The van der Waals surface area contributed by atoms with Gasteiger partial charge >= 0.3 is 0 Å². The molecule has 2 aromatic rings. The fourth-order valence-electron chi connectivity index (χ4n) is 2.80. The number of aliphatic hydroxyl groups is 1. The molecule has 0 spiro atoms. The third-order valence-electron chi connectivity index (χ3n) is 3.74. The van der Waals surface area contributed by atoms with Gasteiger partial charge in [-0.1, -0.05) is 17.7 Å². The van der Waals surface area contributed by atoms with Crippen LogP contribution in [0.25, 0.3) is 0 Å². The molecule has 0 radical (unpaired) electrons. The van der Waals surface area contributed by atoms with Gasteiger partial charge in [-0.15, -0.1) is 0 Å². The van der Waals surface area contributed by atoms with E-state index in [1.807, 2.05) is 6.07 Å². The second-order valence-electron chi connectivity index (χ2n) is 4.89. The number of hydrogen-bond donors (Lipinski definition) is 1. The Morgan fingerprint density at radius 1 is 1.32 bits per heavy atom. The molecule has 1 aliphatic rings. The zero-order chi connectivity index (χ0) is 13.2. The maximum atomic E-state index is 10.6. The lowest BCUT2D eigenvalue weighted by Gasteiger charge is -2.28. The second-order valence-corrected chi connectivity index (χ2v) is 5.30. The van der Waals surface area contributed by atoms with Crippen molar-refractivity contribution in [1.82, 2.24) is 9.97 Å². The van der Waals surface area contributed by atoms with Gasteiger partial charge in [-0.2, -0.15) is 0 Å². The summed E-state index contributed by atoms with van der Waals surface area (Å²) in [5.74, 6) is 0.0184. The molecule has 2 atom stereocenters. The van der Waals surface area contributed by atoms with Crippen LogP contribution in [0.2, 0.25) is 5.02 Å². The average Bonchev–Trinajstić information content (AvgIpc) is 2.46. The molecule has 0 saturated carbocycles. The number of aryl methyl sites for hydroxylation is 1. The maximum absolute atomic E-state index is 10.6. The molecule has 1 N–H and O–H groups in total. The van der Waals surface area contributed by atoms with Gasteiger partial charge in [0.1, 0.15) is 0 Å². The first-order valence-corrected chi connectivity index (χ1v) is 6.86. The molecule has 2 heterocycles. The van der Waals surface area contributed by atoms with E-state index in [0.29, 0.717) is 5.02 Å². The standard InChI is InChI=1S/C15H15ClN2O/c16-13-9-17-8-6-11(13)15(19)12-5-1-3-10-4-2-7-18-14(10)12/h2,4,6-9,12,15,19H,1,3,5H2. The van der Waals surface area contributed by atoms with Crippen LogP contribution in [0.1, 0.15) is 41.7 Å². The van der Waals surface area contributed by atoms with Gasteiger partial charge in [0.05, 0.1) is 11.1 Å². The maximum Gasteiger partial charge on any atom is 0.0889 e. The highest BCUT2D eigenvalue weighted by Crippen LogP contribution is 2.40. The Bertz CT molecular complexity index is 588. The molecule has 98 valence electrons. The minimum Gasteiger partial charge on any atom is -0.388 e. The van der Waals surface area contributed by atoms with Crippen molar-refractivity contribution in [2.75, 3.05) is 0 Å². The van der Waals surface area contributed by atoms with Crippen molar-refractivity contribution in [1.29, 1.82) is 0 Å². The molecule has 3 rings (SSSR count). The van der Waals surface area contributed by atoms with Gasteiger partial charge in [-0.25, -0.2) is 0 Å². The molecule has 4 heteroatoms. The second kappa shape index (κ2) is 5.27. The third kappa shape index (κ3) is 2.36. The summed E-state index contributed by atoms with van der Waals surface area (Å²) in [5, 5.41) is 11.1. The summed E-state index contributed by atoms with van der Waals surface area (Å²) >= 11 is 6.12. The molecule has 2 aromatic heterocycles. The quantitative estimate of drug-likeness (QED) is 0.914. The Kier molecular flexibility index (Phi) is 3.49. The van der Waals surface area contributed by atoms with Gasteiger partial charge in [-0.05, 0) is 37.0 Å². The Balaban J connectivity index is 1.98. The lowest BCUT2D eigenvalue weighted by Crippen LogP contribution is -2.18. The summed E-state index contributed by atoms with van der Waals surface area (Å²) in [6.07, 6.45) is 7.44. The van der Waals surface area contributed by atoms with E-state index in [1.54, 1.807) is 24.7 Å². The van der Waals surface area contributed by atoms with Crippen LogP contribution in [0.5, 0.6) is 0 Å². The highest BCUT2D eigenvalue weighted by molar-refractivity contribution is 6.31. The van der Waals surface area contributed by atoms with Crippen LogP contribution in [0.15, 0.2) is 36.8 Å². The summed E-state index contributed by atoms with van der Waals surface area (Å²) in [6, 6.07) is 5.83. The molecule has 0 saturated heterocycles. The number of halogens is 1. The molecule has 0 fully saturated rings. The highest BCUT2D eigenvalue weighted by atomic mass is 35.5. The lowest BCUT2D eigenvalue weighted by molar-refractivity contribution is 0.134. The summed E-state index contributed by atoms with van der Waals surface area (Å²) in [4.78, 5) is 8.42. The minimum atomic E-state index is -0.621. The molecular formula is C15H15ClN2O. The molecular weight excluding hydrogens is 260 g/mol.